The molecule has 3 rings (SSSR count). The highest BCUT2D eigenvalue weighted by molar-refractivity contribution is 7.92. The van der Waals surface area contributed by atoms with E-state index in [2.05, 4.69) is 23.9 Å². The van der Waals surface area contributed by atoms with Crippen LogP contribution in [-0.2, 0) is 10.0 Å². The second-order valence-corrected chi connectivity index (χ2v) is 9.74. The van der Waals surface area contributed by atoms with E-state index in [1.807, 2.05) is 30.3 Å². The van der Waals surface area contributed by atoms with E-state index in [0.717, 1.165) is 12.0 Å². The topological polar surface area (TPSA) is 75.3 Å². The van der Waals surface area contributed by atoms with Crippen LogP contribution in [0.4, 0.5) is 5.69 Å². The first-order valence-corrected chi connectivity index (χ1v) is 11.9. The number of rotatable bonds is 8. The third-order valence-electron chi connectivity index (χ3n) is 4.72. The van der Waals surface area contributed by atoms with Crippen LogP contribution in [0.3, 0.4) is 0 Å². The Morgan fingerprint density at radius 2 is 1.55 bits per heavy atom. The van der Waals surface area contributed by atoms with Crippen LogP contribution in [0.15, 0.2) is 83.8 Å². The van der Waals surface area contributed by atoms with Crippen molar-refractivity contribution in [3.05, 3.63) is 95.0 Å². The third-order valence-corrected chi connectivity index (χ3v) is 6.59. The molecule has 1 amide bonds. The number of benzene rings is 3. The van der Waals surface area contributed by atoms with Gasteiger partial charge >= 0.3 is 0 Å². The lowest BCUT2D eigenvalue weighted by atomic mass is 9.96. The minimum absolute atomic E-state index is 0.0433. The molecule has 1 atom stereocenters. The Morgan fingerprint density at radius 3 is 2.16 bits per heavy atom. The highest BCUT2D eigenvalue weighted by Gasteiger charge is 2.22. The standard InChI is InChI=1S/C24H25ClN2O3S/c1-17(2)15-22(18-9-5-3-6-10-18)26-24(28)19-13-14-21(25)23(16-19)31(29,30)27-20-11-7-4-8-12-20/h3-14,16-17,22,27H,15H2,1-2H3,(H,26,28)/t22-/m0/s1. The van der Waals surface area contributed by atoms with Crippen LogP contribution >= 0.6 is 11.6 Å². The van der Waals surface area contributed by atoms with Gasteiger partial charge in [-0.1, -0.05) is 74.0 Å². The van der Waals surface area contributed by atoms with Crippen LogP contribution in [-0.4, -0.2) is 14.3 Å². The fourth-order valence-electron chi connectivity index (χ4n) is 3.24. The van der Waals surface area contributed by atoms with Crippen molar-refractivity contribution in [1.29, 1.82) is 0 Å². The van der Waals surface area contributed by atoms with Crippen molar-refractivity contribution < 1.29 is 13.2 Å². The first-order valence-electron chi connectivity index (χ1n) is 9.99. The zero-order valence-electron chi connectivity index (χ0n) is 17.4. The fourth-order valence-corrected chi connectivity index (χ4v) is 4.83. The molecule has 0 saturated carbocycles. The summed E-state index contributed by atoms with van der Waals surface area (Å²) in [5, 5.41) is 3.07. The predicted octanol–water partition coefficient (Wildman–Crippen LogP) is 5.66. The third kappa shape index (κ3) is 6.09. The quantitative estimate of drug-likeness (QED) is 0.459. The average Bonchev–Trinajstić information content (AvgIpc) is 2.74. The van der Waals surface area contributed by atoms with Gasteiger partial charge in [0.1, 0.15) is 4.90 Å². The van der Waals surface area contributed by atoms with Gasteiger partial charge in [0, 0.05) is 11.3 Å². The van der Waals surface area contributed by atoms with E-state index in [9.17, 15) is 13.2 Å². The first kappa shape index (κ1) is 22.8. The summed E-state index contributed by atoms with van der Waals surface area (Å²) in [6.07, 6.45) is 0.754. The van der Waals surface area contributed by atoms with Gasteiger partial charge in [0.2, 0.25) is 0 Å². The second-order valence-electron chi connectivity index (χ2n) is 7.68. The van der Waals surface area contributed by atoms with Crippen molar-refractivity contribution in [2.45, 2.75) is 31.2 Å². The highest BCUT2D eigenvalue weighted by Crippen LogP contribution is 2.26. The second kappa shape index (κ2) is 9.98. The van der Waals surface area contributed by atoms with Crippen LogP contribution in [0.25, 0.3) is 0 Å². The number of nitrogens with one attached hydrogen (secondary N) is 2. The Labute approximate surface area is 188 Å². The fraction of sp³-hybridized carbons (Fsp3) is 0.208. The Bertz CT molecular complexity index is 1130. The number of para-hydroxylation sites is 1. The van der Waals surface area contributed by atoms with E-state index in [1.54, 1.807) is 30.3 Å². The lowest BCUT2D eigenvalue weighted by Crippen LogP contribution is -2.29. The van der Waals surface area contributed by atoms with Crippen molar-refractivity contribution in [2.75, 3.05) is 4.72 Å². The van der Waals surface area contributed by atoms with Crippen LogP contribution in [0.5, 0.6) is 0 Å². The van der Waals surface area contributed by atoms with E-state index < -0.39 is 10.0 Å². The summed E-state index contributed by atoms with van der Waals surface area (Å²) in [4.78, 5) is 12.8. The van der Waals surface area contributed by atoms with Crippen LogP contribution in [0, 0.1) is 5.92 Å². The van der Waals surface area contributed by atoms with Gasteiger partial charge in [0.25, 0.3) is 15.9 Å². The lowest BCUT2D eigenvalue weighted by molar-refractivity contribution is 0.0931. The van der Waals surface area contributed by atoms with E-state index in [1.165, 1.54) is 18.2 Å². The zero-order chi connectivity index (χ0) is 22.4. The molecular formula is C24H25ClN2O3S. The summed E-state index contributed by atoms with van der Waals surface area (Å²) in [7, 11) is -3.96. The molecule has 2 N–H and O–H groups in total. The Morgan fingerprint density at radius 1 is 0.935 bits per heavy atom. The van der Waals surface area contributed by atoms with Crippen LogP contribution in [0.1, 0.15) is 42.2 Å². The molecule has 0 aliphatic heterocycles. The largest absolute Gasteiger partial charge is 0.345 e. The predicted molar refractivity (Wildman–Crippen MR) is 125 cm³/mol. The first-order chi connectivity index (χ1) is 14.8. The summed E-state index contributed by atoms with van der Waals surface area (Å²) in [5.74, 6) is 0.00376. The summed E-state index contributed by atoms with van der Waals surface area (Å²) < 4.78 is 28.2. The summed E-state index contributed by atoms with van der Waals surface area (Å²) in [5.41, 5.74) is 1.63. The zero-order valence-corrected chi connectivity index (χ0v) is 19.0. The monoisotopic (exact) mass is 456 g/mol. The normalized spacial score (nSPS) is 12.4. The highest BCUT2D eigenvalue weighted by atomic mass is 35.5. The number of amides is 1. The molecule has 162 valence electrons. The van der Waals surface area contributed by atoms with Crippen molar-refractivity contribution in [3.8, 4) is 0 Å². The molecule has 7 heteroatoms. The van der Waals surface area contributed by atoms with Gasteiger partial charge in [0.15, 0.2) is 0 Å². The van der Waals surface area contributed by atoms with Crippen LogP contribution < -0.4 is 10.0 Å². The van der Waals surface area contributed by atoms with Gasteiger partial charge in [-0.3, -0.25) is 9.52 Å². The molecule has 0 bridgehead atoms. The van der Waals surface area contributed by atoms with E-state index in [-0.39, 0.29) is 27.4 Å². The SMILES string of the molecule is CC(C)C[C@H](NC(=O)c1ccc(Cl)c(S(=O)(=O)Nc2ccccc2)c1)c1ccccc1. The number of hydrogen-bond acceptors (Lipinski definition) is 3. The van der Waals surface area contributed by atoms with Crippen LogP contribution in [0.2, 0.25) is 5.02 Å². The maximum atomic E-state index is 13.0. The number of hydrogen-bond donors (Lipinski definition) is 2. The molecule has 31 heavy (non-hydrogen) atoms. The molecule has 3 aromatic carbocycles. The Balaban J connectivity index is 1.86. The lowest BCUT2D eigenvalue weighted by Gasteiger charge is -2.21. The summed E-state index contributed by atoms with van der Waals surface area (Å²) in [6, 6.07) is 22.3. The molecule has 5 nitrogen and oxygen atoms in total. The van der Waals surface area contributed by atoms with Gasteiger partial charge in [-0.05, 0) is 48.2 Å². The molecule has 0 radical (unpaired) electrons. The maximum absolute atomic E-state index is 13.0. The Hall–Kier alpha value is -2.83. The van der Waals surface area contributed by atoms with Crippen molar-refractivity contribution in [3.63, 3.8) is 0 Å². The van der Waals surface area contributed by atoms with Gasteiger partial charge in [0.05, 0.1) is 11.1 Å². The molecule has 3 aromatic rings. The van der Waals surface area contributed by atoms with Crippen molar-refractivity contribution >= 4 is 33.2 Å². The molecule has 0 saturated heterocycles. The van der Waals surface area contributed by atoms with Crippen molar-refractivity contribution in [1.82, 2.24) is 5.32 Å². The minimum atomic E-state index is -3.96. The van der Waals surface area contributed by atoms with Crippen molar-refractivity contribution in [2.24, 2.45) is 5.92 Å². The van der Waals surface area contributed by atoms with Gasteiger partial charge in [-0.15, -0.1) is 0 Å². The number of halogens is 1. The molecule has 0 unspecified atom stereocenters. The average molecular weight is 457 g/mol. The summed E-state index contributed by atoms with van der Waals surface area (Å²) in [6.45, 7) is 4.18. The van der Waals surface area contributed by atoms with Gasteiger partial charge in [-0.2, -0.15) is 0 Å². The van der Waals surface area contributed by atoms with E-state index in [0.29, 0.717) is 11.6 Å². The molecule has 0 fully saturated rings. The van der Waals surface area contributed by atoms with Gasteiger partial charge in [-0.25, -0.2) is 8.42 Å². The molecule has 0 spiro atoms. The maximum Gasteiger partial charge on any atom is 0.263 e. The molecule has 0 aliphatic rings. The molecule has 0 aliphatic carbocycles. The Kier molecular flexibility index (Phi) is 7.36. The smallest absolute Gasteiger partial charge is 0.263 e. The number of sulfonamides is 1. The number of carbonyl (C=O) groups is 1. The molecule has 0 heterocycles. The molecular weight excluding hydrogens is 432 g/mol. The number of anilines is 1. The molecule has 0 aromatic heterocycles. The number of carbonyl (C=O) groups excluding carboxylic acids is 1. The van der Waals surface area contributed by atoms with E-state index in [4.69, 9.17) is 11.6 Å². The van der Waals surface area contributed by atoms with Gasteiger partial charge < -0.3 is 5.32 Å². The van der Waals surface area contributed by atoms with E-state index >= 15 is 0 Å². The summed E-state index contributed by atoms with van der Waals surface area (Å²) >= 11 is 6.17. The minimum Gasteiger partial charge on any atom is -0.345 e.